The van der Waals surface area contributed by atoms with E-state index in [-0.39, 0.29) is 59.6 Å². The molecule has 0 radical (unpaired) electrons. The number of carbonyl (C=O) groups excluding carboxylic acids is 19. The Morgan fingerprint density at radius 2 is 0.883 bits per heavy atom. The first kappa shape index (κ1) is 117. The Kier molecular flexibility index (Phi) is 45.8. The van der Waals surface area contributed by atoms with Crippen LogP contribution in [0.2, 0.25) is 0 Å². The van der Waals surface area contributed by atoms with Gasteiger partial charge in [-0.2, -0.15) is 35.3 Å². The number of carboxylic acids is 4. The molecule has 5 aromatic rings. The molecular formula is C95H123N19O28S3. The SMILES string of the molecule is CCC(=O)NCCC(=O)N(C)CC(=O)NC(C)C(=O)NC1CSCc2cc3cc(c2)CSCC(NC(=O)C(C)NC(=O)C(Cc2cccc4ccccc24)NC(=O)C(CCC(=O)O)NC(=O)C(CC(N)=O)NC(=O)C(C)NC1=O)C(=O)NC(CCC(=O)O)C(=O)NC(CC(=O)O)C(=O)NC(Cc1ccccc1)C(=O)NC(Cc1ccc(O)cc1)C(=O)NC(CC(=O)O)C(=O)NC(C(C)(C)C)C(=O)NC(C(N)=O)CSC3. The highest BCUT2D eigenvalue weighted by molar-refractivity contribution is 7.99. The average Bonchev–Trinajstić information content (AvgIpc) is 0.849. The Bertz CT molecular complexity index is 5600. The number of hydrogen-bond acceptors (Lipinski definition) is 27. The van der Waals surface area contributed by atoms with Crippen LogP contribution >= 0.6 is 35.3 Å². The number of nitrogens with two attached hydrogens (primary N) is 2. The topological polar surface area (TPSA) is 742 Å². The van der Waals surface area contributed by atoms with Gasteiger partial charge in [-0.15, -0.1) is 0 Å². The Hall–Kier alpha value is -15.0. The van der Waals surface area contributed by atoms with Crippen LogP contribution in [-0.2, 0) is 147 Å². The zero-order valence-electron chi connectivity index (χ0n) is 80.7. The van der Waals surface area contributed by atoms with Gasteiger partial charge in [0.05, 0.1) is 25.8 Å². The van der Waals surface area contributed by atoms with Crippen LogP contribution in [-0.4, -0.2) is 295 Å². The van der Waals surface area contributed by atoms with Gasteiger partial charge in [-0.1, -0.05) is 131 Å². The Morgan fingerprint density at radius 1 is 0.448 bits per heavy atom. The molecule has 0 spiro atoms. The summed E-state index contributed by atoms with van der Waals surface area (Å²) in [5, 5.41) is 91.5. The van der Waals surface area contributed by atoms with E-state index in [1.807, 2.05) is 0 Å². The van der Waals surface area contributed by atoms with E-state index in [2.05, 4.69) is 85.1 Å². The number of rotatable bonds is 28. The minimum absolute atomic E-state index is 0.0528. The highest BCUT2D eigenvalue weighted by Gasteiger charge is 2.42. The maximum absolute atomic E-state index is 15.4. The minimum atomic E-state index is -2.25. The lowest BCUT2D eigenvalue weighted by Crippen LogP contribution is -2.62. The summed E-state index contributed by atoms with van der Waals surface area (Å²) < 4.78 is 0. The summed E-state index contributed by atoms with van der Waals surface area (Å²) in [5.74, 6) is -29.7. The second-order valence-electron chi connectivity index (χ2n) is 35.7. The summed E-state index contributed by atoms with van der Waals surface area (Å²) in [7, 11) is 1.29. The number of hydrogen-bond donors (Lipinski definition) is 23. The van der Waals surface area contributed by atoms with Crippen molar-refractivity contribution in [3.05, 3.63) is 149 Å². The van der Waals surface area contributed by atoms with E-state index < -0.39 is 309 Å². The number of carboxylic acid groups (broad SMARTS) is 4. The fourth-order valence-electron chi connectivity index (χ4n) is 14.8. The van der Waals surface area contributed by atoms with E-state index in [1.54, 1.807) is 85.8 Å². The molecule has 2 aliphatic heterocycles. The Labute approximate surface area is 845 Å². The van der Waals surface area contributed by atoms with Crippen LogP contribution < -0.4 is 96.5 Å². The molecule has 2 aliphatic rings. The van der Waals surface area contributed by atoms with Gasteiger partial charge in [0.2, 0.25) is 112 Å². The Morgan fingerprint density at radius 3 is 1.40 bits per heavy atom. The average molecular weight is 2080 g/mol. The van der Waals surface area contributed by atoms with Gasteiger partial charge in [-0.25, -0.2) is 0 Å². The first-order valence-electron chi connectivity index (χ1n) is 46.1. The monoisotopic (exact) mass is 2070 g/mol. The quantitative estimate of drug-likeness (QED) is 0.0234. The molecule has 5 aromatic carbocycles. The van der Waals surface area contributed by atoms with Gasteiger partial charge in [0.25, 0.3) is 0 Å². The van der Waals surface area contributed by atoms with Crippen LogP contribution in [0.5, 0.6) is 5.75 Å². The number of amides is 19. The number of phenolic OH excluding ortho intramolecular Hbond substituents is 1. The standard InChI is InChI=1S/C95H123N19O28S3/c1-9-72(117)98-31-30-74(119)114(8)41-73(118)99-48(2)81(129)111-69-46-144-43-54-32-53-33-55(34-54)44-145-47-70(112-83(131)50(4)100-86(134)64(37-57-20-15-19-56-18-13-14-21-59(56)57)107-84(132)60(26-28-75(120)121)102-89(137)65(38-71(96)116)104-82(130)49(3)101-92(69)140)93(141)103-61(27-29-76(122)123)85(133)108-66(39-77(124)125)90(138)106-62(35-51-16-11-10-12-17-51)87(135)105-63(36-52-22-24-58(115)25-23-52)88(136)109-67(40-78(126)127)91(139)113-79(95(5,6)7)94(142)110-68(80(97)128)45-143-42-53/h10-25,32-34,48-50,60-70,79,115H,9,26-31,35-47H2,1-8H3,(H2,96,116)(H2,97,128)(H,98,117)(H,99,118)(H,100,134)(H,101,140)(H,102,137)(H,103,141)(H,104,130)(H,105,135)(H,106,138)(H,107,132)(H,108,133)(H,109,136)(H,110,142)(H,111,129)(H,112,131)(H,113,139)(H,120,121)(H,122,123)(H,124,125)(H,126,127). The lowest BCUT2D eigenvalue weighted by molar-refractivity contribution is -0.142. The summed E-state index contributed by atoms with van der Waals surface area (Å²) in [6.07, 6.45) is -8.39. The first-order valence-corrected chi connectivity index (χ1v) is 49.5. The van der Waals surface area contributed by atoms with E-state index in [1.165, 1.54) is 71.1 Å². The van der Waals surface area contributed by atoms with Crippen molar-refractivity contribution in [1.82, 2.24) is 90.0 Å². The lowest BCUT2D eigenvalue weighted by atomic mass is 9.85. The molecule has 7 rings (SSSR count). The molecule has 4 bridgehead atoms. The molecule has 15 unspecified atom stereocenters. The third-order valence-corrected chi connectivity index (χ3v) is 26.0. The number of carbonyl (C=O) groups is 23. The van der Waals surface area contributed by atoms with Crippen LogP contribution in [0.4, 0.5) is 0 Å². The van der Waals surface area contributed by atoms with Crippen LogP contribution in [0.1, 0.15) is 140 Å². The van der Waals surface area contributed by atoms with Gasteiger partial charge < -0.3 is 127 Å². The van der Waals surface area contributed by atoms with Crippen molar-refractivity contribution in [1.29, 1.82) is 0 Å². The van der Waals surface area contributed by atoms with Gasteiger partial charge in [0, 0.05) is 93.1 Å². The van der Waals surface area contributed by atoms with Gasteiger partial charge >= 0.3 is 23.9 Å². The second kappa shape index (κ2) is 56.8. The summed E-state index contributed by atoms with van der Waals surface area (Å²) in [6, 6.07) is 1.69. The molecule has 784 valence electrons. The maximum atomic E-state index is 15.4. The smallest absolute Gasteiger partial charge is 0.305 e. The van der Waals surface area contributed by atoms with Gasteiger partial charge in [-0.3, -0.25) is 110 Å². The van der Waals surface area contributed by atoms with Crippen molar-refractivity contribution in [2.45, 2.75) is 233 Å². The maximum Gasteiger partial charge on any atom is 0.305 e. The summed E-state index contributed by atoms with van der Waals surface area (Å²) in [5.41, 5.74) is 12.4. The third kappa shape index (κ3) is 39.3. The zero-order valence-corrected chi connectivity index (χ0v) is 83.2. The number of benzene rings is 5. The largest absolute Gasteiger partial charge is 0.508 e. The van der Waals surface area contributed by atoms with Crippen LogP contribution in [0.15, 0.2) is 115 Å². The minimum Gasteiger partial charge on any atom is -0.508 e. The van der Waals surface area contributed by atoms with Crippen LogP contribution in [0.25, 0.3) is 10.8 Å². The van der Waals surface area contributed by atoms with Crippen molar-refractivity contribution in [3.8, 4) is 5.75 Å². The zero-order chi connectivity index (χ0) is 107. The number of nitrogens with one attached hydrogen (secondary N) is 16. The van der Waals surface area contributed by atoms with E-state index in [4.69, 9.17) is 11.5 Å². The predicted molar refractivity (Wildman–Crippen MR) is 527 cm³/mol. The normalized spacial score (nSPS) is 22.7. The molecule has 25 N–H and O–H groups in total. The number of nitrogens with zero attached hydrogens (tertiary/aromatic N) is 1. The second-order valence-corrected chi connectivity index (χ2v) is 38.8. The molecule has 0 saturated carbocycles. The number of aromatic hydroxyl groups is 1. The fraction of sp³-hybridized carbons (Fsp3) is 0.463. The molecule has 0 saturated heterocycles. The van der Waals surface area contributed by atoms with Crippen molar-refractivity contribution in [3.63, 3.8) is 0 Å². The fourth-order valence-corrected chi connectivity index (χ4v) is 17.8. The number of thioether (sulfide) groups is 3. The van der Waals surface area contributed by atoms with E-state index in [9.17, 15) is 112 Å². The molecule has 2 heterocycles. The highest BCUT2D eigenvalue weighted by atomic mass is 32.2. The molecule has 19 amide bonds. The third-order valence-electron chi connectivity index (χ3n) is 22.7. The Balaban J connectivity index is 1.41. The summed E-state index contributed by atoms with van der Waals surface area (Å²) >= 11 is 2.90. The van der Waals surface area contributed by atoms with Gasteiger partial charge in [0.15, 0.2) is 0 Å². The van der Waals surface area contributed by atoms with Crippen molar-refractivity contribution < 1.29 is 136 Å². The highest BCUT2D eigenvalue weighted by Crippen LogP contribution is 2.28. The number of aliphatic carboxylic acids is 4. The molecule has 50 heteroatoms. The molecular weight excluding hydrogens is 1950 g/mol. The molecule has 145 heavy (non-hydrogen) atoms. The number of fused-ring (bicyclic) bond motifs is 6. The summed E-state index contributed by atoms with van der Waals surface area (Å²) in [4.78, 5) is 324. The van der Waals surface area contributed by atoms with E-state index >= 15 is 24.0 Å². The molecule has 47 nitrogen and oxygen atoms in total. The molecule has 0 aromatic heterocycles. The molecule has 0 fully saturated rings. The van der Waals surface area contributed by atoms with E-state index in [0.29, 0.717) is 38.6 Å². The first-order chi connectivity index (χ1) is 68.4. The van der Waals surface area contributed by atoms with Crippen molar-refractivity contribution in [2.24, 2.45) is 16.9 Å². The number of likely N-dealkylation sites (N-methyl/N-ethyl adjacent to an activating group) is 1. The van der Waals surface area contributed by atoms with Gasteiger partial charge in [0.1, 0.15) is 96.4 Å². The lowest BCUT2D eigenvalue weighted by Gasteiger charge is -2.33. The number of phenols is 1. The molecule has 15 atom stereocenters. The molecule has 0 aliphatic carbocycles. The van der Waals surface area contributed by atoms with E-state index in [0.717, 1.165) is 54.0 Å². The predicted octanol–water partition coefficient (Wildman–Crippen LogP) is -3.21. The van der Waals surface area contributed by atoms with Crippen molar-refractivity contribution >= 4 is 182 Å². The van der Waals surface area contributed by atoms with Crippen molar-refractivity contribution in [2.75, 3.05) is 37.4 Å². The van der Waals surface area contributed by atoms with Crippen LogP contribution in [0.3, 0.4) is 0 Å². The van der Waals surface area contributed by atoms with Crippen LogP contribution in [0, 0.1) is 5.41 Å². The summed E-state index contributed by atoms with van der Waals surface area (Å²) in [6.45, 7) is 8.94. The van der Waals surface area contributed by atoms with Gasteiger partial charge in [-0.05, 0) is 95.3 Å². The number of primary amides is 2.